The Morgan fingerprint density at radius 1 is 1.04 bits per heavy atom. The topological polar surface area (TPSA) is 115 Å². The van der Waals surface area contributed by atoms with Crippen molar-refractivity contribution in [2.24, 2.45) is 0 Å². The van der Waals surface area contributed by atoms with Crippen LogP contribution in [0, 0.1) is 10.1 Å². The number of nitrogens with one attached hydrogen (secondary N) is 1. The zero-order valence-electron chi connectivity index (χ0n) is 13.8. The summed E-state index contributed by atoms with van der Waals surface area (Å²) in [6.45, 7) is 0. The number of nitrogens with zero attached hydrogens (tertiary/aromatic N) is 5. The summed E-state index contributed by atoms with van der Waals surface area (Å²) in [6, 6.07) is 16.7. The molecule has 0 radical (unpaired) electrons. The van der Waals surface area contributed by atoms with Crippen LogP contribution in [0.2, 0.25) is 0 Å². The normalized spacial score (nSPS) is 10.7. The number of nitro benzene ring substituents is 1. The molecule has 9 heteroatoms. The lowest BCUT2D eigenvalue weighted by atomic mass is 10.1. The molecule has 0 atom stereocenters. The third-order valence-electron chi connectivity index (χ3n) is 3.88. The molecule has 0 saturated heterocycles. The molecule has 0 aliphatic carbocycles. The maximum absolute atomic E-state index is 12.3. The summed E-state index contributed by atoms with van der Waals surface area (Å²) in [7, 11) is 0. The molecular weight excluding hydrogens is 348 g/mol. The summed E-state index contributed by atoms with van der Waals surface area (Å²) in [6.07, 6.45) is 1.62. The summed E-state index contributed by atoms with van der Waals surface area (Å²) in [5, 5.41) is 17.6. The van der Waals surface area contributed by atoms with Gasteiger partial charge in [-0.25, -0.2) is 4.98 Å². The zero-order chi connectivity index (χ0) is 18.8. The number of rotatable bonds is 4. The fourth-order valence-electron chi connectivity index (χ4n) is 2.58. The van der Waals surface area contributed by atoms with Crippen LogP contribution >= 0.6 is 0 Å². The van der Waals surface area contributed by atoms with E-state index in [9.17, 15) is 14.9 Å². The highest BCUT2D eigenvalue weighted by molar-refractivity contribution is 6.03. The quantitative estimate of drug-likeness (QED) is 0.442. The zero-order valence-corrected chi connectivity index (χ0v) is 13.8. The molecule has 0 aliphatic rings. The first-order valence-corrected chi connectivity index (χ1v) is 7.95. The van der Waals surface area contributed by atoms with E-state index < -0.39 is 10.8 Å². The molecule has 0 spiro atoms. The number of anilines is 1. The Morgan fingerprint density at radius 2 is 1.78 bits per heavy atom. The number of carbonyl (C=O) groups excluding carboxylic acids is 1. The van der Waals surface area contributed by atoms with Crippen molar-refractivity contribution in [1.29, 1.82) is 0 Å². The second-order valence-electron chi connectivity index (χ2n) is 5.60. The highest BCUT2D eigenvalue weighted by atomic mass is 16.6. The highest BCUT2D eigenvalue weighted by Gasteiger charge is 2.14. The average Bonchev–Trinajstić information content (AvgIpc) is 3.11. The standard InChI is InChI=1S/C18H12N6O3/c25-16(13-6-8-14(9-7-13)24(26)27)20-17-21-18-19-11-10-15(23(18)22-17)12-4-2-1-3-5-12/h1-11H,(H,20,22,25). The van der Waals surface area contributed by atoms with Crippen LogP contribution in [0.15, 0.2) is 66.9 Å². The first-order valence-electron chi connectivity index (χ1n) is 7.95. The van der Waals surface area contributed by atoms with E-state index in [1.54, 1.807) is 16.8 Å². The van der Waals surface area contributed by atoms with Crippen LogP contribution in [0.1, 0.15) is 10.4 Å². The van der Waals surface area contributed by atoms with E-state index in [-0.39, 0.29) is 17.2 Å². The smallest absolute Gasteiger partial charge is 0.269 e. The third-order valence-corrected chi connectivity index (χ3v) is 3.88. The predicted molar refractivity (Wildman–Crippen MR) is 97.3 cm³/mol. The Morgan fingerprint density at radius 3 is 2.48 bits per heavy atom. The summed E-state index contributed by atoms with van der Waals surface area (Å²) >= 11 is 0. The lowest BCUT2D eigenvalue weighted by Crippen LogP contribution is -2.13. The Bertz CT molecular complexity index is 1140. The number of amides is 1. The number of fused-ring (bicyclic) bond motifs is 1. The van der Waals surface area contributed by atoms with Gasteiger partial charge in [-0.2, -0.15) is 9.50 Å². The van der Waals surface area contributed by atoms with E-state index in [0.717, 1.165) is 11.3 Å². The van der Waals surface area contributed by atoms with Crippen molar-refractivity contribution >= 4 is 23.3 Å². The van der Waals surface area contributed by atoms with Crippen molar-refractivity contribution in [3.63, 3.8) is 0 Å². The molecule has 1 N–H and O–H groups in total. The summed E-state index contributed by atoms with van der Waals surface area (Å²) < 4.78 is 1.54. The maximum Gasteiger partial charge on any atom is 0.269 e. The molecule has 0 fully saturated rings. The molecule has 4 rings (SSSR count). The second-order valence-corrected chi connectivity index (χ2v) is 5.60. The first-order chi connectivity index (χ1) is 13.1. The third kappa shape index (κ3) is 3.21. The minimum Gasteiger partial charge on any atom is -0.289 e. The van der Waals surface area contributed by atoms with Gasteiger partial charge >= 0.3 is 0 Å². The SMILES string of the molecule is O=C(Nc1nc2nccc(-c3ccccc3)n2n1)c1ccc([N+](=O)[O-])cc1. The number of nitro groups is 1. The number of non-ortho nitro benzene ring substituents is 1. The molecule has 2 aromatic carbocycles. The van der Waals surface area contributed by atoms with Crippen LogP contribution < -0.4 is 5.32 Å². The summed E-state index contributed by atoms with van der Waals surface area (Å²) in [4.78, 5) is 30.9. The van der Waals surface area contributed by atoms with Crippen LogP contribution in [-0.4, -0.2) is 30.4 Å². The Hall–Kier alpha value is -4.14. The van der Waals surface area contributed by atoms with Gasteiger partial charge in [0.05, 0.1) is 10.6 Å². The Labute approximate surface area is 152 Å². The van der Waals surface area contributed by atoms with Gasteiger partial charge in [0.2, 0.25) is 0 Å². The number of carbonyl (C=O) groups is 1. The molecule has 1 amide bonds. The molecule has 0 saturated carbocycles. The van der Waals surface area contributed by atoms with Crippen LogP contribution in [0.4, 0.5) is 11.6 Å². The van der Waals surface area contributed by atoms with E-state index in [1.807, 2.05) is 30.3 Å². The largest absolute Gasteiger partial charge is 0.289 e. The number of benzene rings is 2. The monoisotopic (exact) mass is 360 g/mol. The van der Waals surface area contributed by atoms with E-state index in [4.69, 9.17) is 0 Å². The number of aromatic nitrogens is 4. The number of hydrogen-bond donors (Lipinski definition) is 1. The van der Waals surface area contributed by atoms with Gasteiger partial charge in [-0.3, -0.25) is 20.2 Å². The van der Waals surface area contributed by atoms with E-state index in [1.165, 1.54) is 24.3 Å². The van der Waals surface area contributed by atoms with Gasteiger partial charge in [0.25, 0.3) is 23.3 Å². The Kier molecular flexibility index (Phi) is 4.01. The molecule has 4 aromatic rings. The van der Waals surface area contributed by atoms with Crippen molar-refractivity contribution < 1.29 is 9.72 Å². The summed E-state index contributed by atoms with van der Waals surface area (Å²) in [5.41, 5.74) is 1.89. The van der Waals surface area contributed by atoms with Crippen molar-refractivity contribution in [2.45, 2.75) is 0 Å². The second kappa shape index (κ2) is 6.64. The van der Waals surface area contributed by atoms with Crippen LogP contribution in [0.3, 0.4) is 0 Å². The average molecular weight is 360 g/mol. The van der Waals surface area contributed by atoms with Gasteiger partial charge in [-0.05, 0) is 18.2 Å². The molecule has 2 aromatic heterocycles. The summed E-state index contributed by atoms with van der Waals surface area (Å²) in [5.74, 6) is -0.0355. The van der Waals surface area contributed by atoms with Gasteiger partial charge in [-0.1, -0.05) is 30.3 Å². The van der Waals surface area contributed by atoms with E-state index >= 15 is 0 Å². The van der Waals surface area contributed by atoms with Gasteiger partial charge in [-0.15, -0.1) is 5.10 Å². The lowest BCUT2D eigenvalue weighted by Gasteiger charge is -2.02. The molecule has 0 aliphatic heterocycles. The number of hydrogen-bond acceptors (Lipinski definition) is 6. The van der Waals surface area contributed by atoms with Gasteiger partial charge < -0.3 is 0 Å². The Balaban J connectivity index is 1.63. The van der Waals surface area contributed by atoms with Crippen LogP contribution in [0.5, 0.6) is 0 Å². The molecule has 0 unspecified atom stereocenters. The van der Waals surface area contributed by atoms with Crippen molar-refractivity contribution in [3.8, 4) is 11.3 Å². The highest BCUT2D eigenvalue weighted by Crippen LogP contribution is 2.19. The lowest BCUT2D eigenvalue weighted by molar-refractivity contribution is -0.384. The molecular formula is C18H12N6O3. The van der Waals surface area contributed by atoms with Gasteiger partial charge in [0, 0.05) is 29.5 Å². The molecule has 2 heterocycles. The molecule has 9 nitrogen and oxygen atoms in total. The fourth-order valence-corrected chi connectivity index (χ4v) is 2.58. The minimum absolute atomic E-state index is 0.0888. The van der Waals surface area contributed by atoms with E-state index in [2.05, 4.69) is 20.4 Å². The van der Waals surface area contributed by atoms with Gasteiger partial charge in [0.1, 0.15) is 0 Å². The van der Waals surface area contributed by atoms with Crippen LogP contribution in [-0.2, 0) is 0 Å². The predicted octanol–water partition coefficient (Wildman–Crippen LogP) is 2.95. The maximum atomic E-state index is 12.3. The van der Waals surface area contributed by atoms with E-state index in [0.29, 0.717) is 5.78 Å². The fraction of sp³-hybridized carbons (Fsp3) is 0. The molecule has 0 bridgehead atoms. The van der Waals surface area contributed by atoms with Gasteiger partial charge in [0.15, 0.2) is 0 Å². The minimum atomic E-state index is -0.526. The van der Waals surface area contributed by atoms with Crippen LogP contribution in [0.25, 0.3) is 17.0 Å². The first kappa shape index (κ1) is 16.3. The van der Waals surface area contributed by atoms with Crippen molar-refractivity contribution in [2.75, 3.05) is 5.32 Å². The van der Waals surface area contributed by atoms with Crippen molar-refractivity contribution in [3.05, 3.63) is 82.5 Å². The molecule has 132 valence electrons. The van der Waals surface area contributed by atoms with Crippen molar-refractivity contribution in [1.82, 2.24) is 19.6 Å². The molecule has 27 heavy (non-hydrogen) atoms.